The Labute approximate surface area is 153 Å². The molecule has 1 aromatic rings. The number of guanidine groups is 1. The minimum absolute atomic E-state index is 0.227. The Hall–Kier alpha value is -1.96. The molecule has 0 aliphatic rings. The molecule has 1 rings (SSSR count). The number of benzene rings is 1. The SMILES string of the molecule is CN=C(NCCN(C)C(C)C)NCc1ccc(C)cc1OCC(F)(F)F. The molecule has 1 aromatic carbocycles. The summed E-state index contributed by atoms with van der Waals surface area (Å²) in [5, 5.41) is 6.29. The van der Waals surface area contributed by atoms with Gasteiger partial charge in [-0.3, -0.25) is 4.99 Å². The largest absolute Gasteiger partial charge is 0.484 e. The lowest BCUT2D eigenvalue weighted by molar-refractivity contribution is -0.153. The second-order valence-corrected chi connectivity index (χ2v) is 6.44. The molecule has 0 unspecified atom stereocenters. The molecule has 0 atom stereocenters. The number of ether oxygens (including phenoxy) is 1. The number of rotatable bonds is 8. The van der Waals surface area contributed by atoms with E-state index in [1.54, 1.807) is 19.2 Å². The van der Waals surface area contributed by atoms with Gasteiger partial charge in [0.25, 0.3) is 0 Å². The first kappa shape index (κ1) is 22.1. The third kappa shape index (κ3) is 8.42. The third-order valence-corrected chi connectivity index (χ3v) is 3.92. The molecule has 8 heteroatoms. The number of aryl methyl sites for hydroxylation is 1. The molecule has 26 heavy (non-hydrogen) atoms. The number of nitrogens with one attached hydrogen (secondary N) is 2. The van der Waals surface area contributed by atoms with Crippen LogP contribution in [-0.2, 0) is 6.54 Å². The molecule has 0 saturated carbocycles. The van der Waals surface area contributed by atoms with Crippen LogP contribution < -0.4 is 15.4 Å². The maximum atomic E-state index is 12.4. The van der Waals surface area contributed by atoms with Crippen LogP contribution in [0.25, 0.3) is 0 Å². The van der Waals surface area contributed by atoms with Gasteiger partial charge in [0, 0.05) is 38.3 Å². The highest BCUT2D eigenvalue weighted by Gasteiger charge is 2.28. The van der Waals surface area contributed by atoms with Crippen molar-refractivity contribution in [3.05, 3.63) is 29.3 Å². The van der Waals surface area contributed by atoms with Crippen molar-refractivity contribution < 1.29 is 17.9 Å². The minimum Gasteiger partial charge on any atom is -0.484 e. The summed E-state index contributed by atoms with van der Waals surface area (Å²) in [4.78, 5) is 6.33. The molecule has 0 bridgehead atoms. The van der Waals surface area contributed by atoms with Crippen molar-refractivity contribution in [2.24, 2.45) is 4.99 Å². The van der Waals surface area contributed by atoms with Crippen LogP contribution in [0.2, 0.25) is 0 Å². The molecular formula is C18H29F3N4O. The quantitative estimate of drug-likeness (QED) is 0.543. The first-order valence-electron chi connectivity index (χ1n) is 8.56. The predicted molar refractivity (Wildman–Crippen MR) is 98.7 cm³/mol. The lowest BCUT2D eigenvalue weighted by Gasteiger charge is -2.22. The maximum Gasteiger partial charge on any atom is 0.422 e. The van der Waals surface area contributed by atoms with Gasteiger partial charge in [0.15, 0.2) is 12.6 Å². The van der Waals surface area contributed by atoms with Crippen LogP contribution in [0.15, 0.2) is 23.2 Å². The zero-order valence-electron chi connectivity index (χ0n) is 16.1. The van der Waals surface area contributed by atoms with E-state index >= 15 is 0 Å². The van der Waals surface area contributed by atoms with Crippen molar-refractivity contribution in [3.63, 3.8) is 0 Å². The standard InChI is InChI=1S/C18H29F3N4O/c1-13(2)25(5)9-8-23-17(22-4)24-11-15-7-6-14(3)10-16(15)26-12-18(19,20)21/h6-7,10,13H,8-9,11-12H2,1-5H3,(H2,22,23,24). The van der Waals surface area contributed by atoms with Gasteiger partial charge >= 0.3 is 6.18 Å². The number of hydrogen-bond acceptors (Lipinski definition) is 3. The van der Waals surface area contributed by atoms with E-state index in [4.69, 9.17) is 4.74 Å². The minimum atomic E-state index is -4.37. The van der Waals surface area contributed by atoms with E-state index in [1.165, 1.54) is 0 Å². The van der Waals surface area contributed by atoms with E-state index in [0.29, 0.717) is 30.7 Å². The average molecular weight is 374 g/mol. The van der Waals surface area contributed by atoms with Crippen molar-refractivity contribution in [2.45, 2.75) is 39.5 Å². The van der Waals surface area contributed by atoms with Gasteiger partial charge in [0.05, 0.1) is 0 Å². The fourth-order valence-electron chi connectivity index (χ4n) is 2.11. The van der Waals surface area contributed by atoms with Gasteiger partial charge in [-0.15, -0.1) is 0 Å². The van der Waals surface area contributed by atoms with Gasteiger partial charge in [0.1, 0.15) is 5.75 Å². The topological polar surface area (TPSA) is 48.9 Å². The second-order valence-electron chi connectivity index (χ2n) is 6.44. The summed E-state index contributed by atoms with van der Waals surface area (Å²) < 4.78 is 42.2. The monoisotopic (exact) mass is 374 g/mol. The van der Waals surface area contributed by atoms with Crippen LogP contribution in [-0.4, -0.2) is 56.9 Å². The Kier molecular flexibility index (Phi) is 8.71. The Morgan fingerprint density at radius 1 is 1.27 bits per heavy atom. The van der Waals surface area contributed by atoms with E-state index in [0.717, 1.165) is 12.1 Å². The van der Waals surface area contributed by atoms with E-state index in [2.05, 4.69) is 34.4 Å². The number of aliphatic imine (C=N–C) groups is 1. The fraction of sp³-hybridized carbons (Fsp3) is 0.611. The average Bonchev–Trinajstić information content (AvgIpc) is 2.56. The maximum absolute atomic E-state index is 12.4. The summed E-state index contributed by atoms with van der Waals surface area (Å²) in [5.41, 5.74) is 1.48. The molecule has 0 aromatic heterocycles. The van der Waals surface area contributed by atoms with Gasteiger partial charge < -0.3 is 20.3 Å². The molecule has 0 aliphatic heterocycles. The molecule has 0 heterocycles. The molecule has 0 radical (unpaired) electrons. The number of halogens is 3. The summed E-state index contributed by atoms with van der Waals surface area (Å²) in [6.45, 7) is 6.61. The molecule has 0 amide bonds. The van der Waals surface area contributed by atoms with Gasteiger partial charge in [-0.2, -0.15) is 13.2 Å². The lowest BCUT2D eigenvalue weighted by Crippen LogP contribution is -2.41. The molecule has 0 fully saturated rings. The number of nitrogens with zero attached hydrogens (tertiary/aromatic N) is 2. The van der Waals surface area contributed by atoms with Gasteiger partial charge in [0.2, 0.25) is 0 Å². The normalized spacial score (nSPS) is 12.6. The molecule has 5 nitrogen and oxygen atoms in total. The van der Waals surface area contributed by atoms with E-state index in [1.807, 2.05) is 20.0 Å². The molecule has 0 saturated heterocycles. The molecule has 148 valence electrons. The van der Waals surface area contributed by atoms with Crippen LogP contribution in [0.4, 0.5) is 13.2 Å². The van der Waals surface area contributed by atoms with Crippen LogP contribution in [0, 0.1) is 6.92 Å². The smallest absolute Gasteiger partial charge is 0.422 e. The van der Waals surface area contributed by atoms with Crippen molar-refractivity contribution in [1.82, 2.24) is 15.5 Å². The lowest BCUT2D eigenvalue weighted by atomic mass is 10.1. The summed E-state index contributed by atoms with van der Waals surface area (Å²) in [6.07, 6.45) is -4.37. The Morgan fingerprint density at radius 2 is 1.96 bits per heavy atom. The highest BCUT2D eigenvalue weighted by molar-refractivity contribution is 5.79. The van der Waals surface area contributed by atoms with Gasteiger partial charge in [-0.25, -0.2) is 0 Å². The van der Waals surface area contributed by atoms with Crippen molar-refractivity contribution in [1.29, 1.82) is 0 Å². The first-order chi connectivity index (χ1) is 12.1. The van der Waals surface area contributed by atoms with Gasteiger partial charge in [-0.05, 0) is 39.4 Å². The molecule has 2 N–H and O–H groups in total. The van der Waals surface area contributed by atoms with Crippen molar-refractivity contribution in [3.8, 4) is 5.75 Å². The highest BCUT2D eigenvalue weighted by Crippen LogP contribution is 2.23. The summed E-state index contributed by atoms with van der Waals surface area (Å²) >= 11 is 0. The third-order valence-electron chi connectivity index (χ3n) is 3.92. The van der Waals surface area contributed by atoms with Crippen LogP contribution in [0.3, 0.4) is 0 Å². The number of likely N-dealkylation sites (N-methyl/N-ethyl adjacent to an activating group) is 1. The van der Waals surface area contributed by atoms with Crippen molar-refractivity contribution in [2.75, 3.05) is 33.8 Å². The predicted octanol–water partition coefficient (Wildman–Crippen LogP) is 2.94. The zero-order valence-corrected chi connectivity index (χ0v) is 16.1. The van der Waals surface area contributed by atoms with Crippen LogP contribution in [0.5, 0.6) is 5.75 Å². The molecular weight excluding hydrogens is 345 g/mol. The summed E-state index contributed by atoms with van der Waals surface area (Å²) in [7, 11) is 3.69. The molecule has 0 aliphatic carbocycles. The molecule has 0 spiro atoms. The van der Waals surface area contributed by atoms with E-state index in [-0.39, 0.29) is 5.75 Å². The Balaban J connectivity index is 2.61. The van der Waals surface area contributed by atoms with E-state index in [9.17, 15) is 13.2 Å². The zero-order chi connectivity index (χ0) is 19.7. The van der Waals surface area contributed by atoms with Crippen molar-refractivity contribution >= 4 is 5.96 Å². The Morgan fingerprint density at radius 3 is 2.54 bits per heavy atom. The number of hydrogen-bond donors (Lipinski definition) is 2. The van der Waals surface area contributed by atoms with Gasteiger partial charge in [-0.1, -0.05) is 12.1 Å². The van der Waals surface area contributed by atoms with E-state index < -0.39 is 12.8 Å². The Bertz CT molecular complexity index is 588. The first-order valence-corrected chi connectivity index (χ1v) is 8.56. The van der Waals surface area contributed by atoms with Crippen LogP contribution >= 0.6 is 0 Å². The second kappa shape index (κ2) is 10.3. The highest BCUT2D eigenvalue weighted by atomic mass is 19.4. The van der Waals surface area contributed by atoms with Crippen LogP contribution in [0.1, 0.15) is 25.0 Å². The summed E-state index contributed by atoms with van der Waals surface area (Å²) in [6, 6.07) is 5.66. The number of alkyl halides is 3. The summed E-state index contributed by atoms with van der Waals surface area (Å²) in [5.74, 6) is 0.814. The fourth-order valence-corrected chi connectivity index (χ4v) is 2.11.